The van der Waals surface area contributed by atoms with E-state index in [0.717, 1.165) is 16.9 Å². The van der Waals surface area contributed by atoms with E-state index in [0.29, 0.717) is 32.0 Å². The van der Waals surface area contributed by atoms with Gasteiger partial charge in [-0.1, -0.05) is 24.3 Å². The second kappa shape index (κ2) is 11.3. The lowest BCUT2D eigenvalue weighted by atomic mass is 10.2. The average Bonchev–Trinajstić information content (AvgIpc) is 2.90. The molecular weight excluding hydrogens is 468 g/mol. The first-order valence-corrected chi connectivity index (χ1v) is 12.7. The minimum absolute atomic E-state index is 0.156. The highest BCUT2D eigenvalue weighted by molar-refractivity contribution is 7.89. The number of nitrogens with zero attached hydrogens (tertiary/aromatic N) is 3. The summed E-state index contributed by atoms with van der Waals surface area (Å²) in [7, 11) is -1.99. The normalized spacial score (nSPS) is 14.5. The molecule has 0 unspecified atom stereocenters. The number of anilines is 1. The fourth-order valence-electron chi connectivity index (χ4n) is 3.73. The number of aromatic nitrogens is 1. The smallest absolute Gasteiger partial charge is 0.321 e. The van der Waals surface area contributed by atoms with Crippen molar-refractivity contribution in [2.24, 2.45) is 0 Å². The second-order valence-electron chi connectivity index (χ2n) is 8.05. The van der Waals surface area contributed by atoms with Crippen LogP contribution in [0, 0.1) is 0 Å². The van der Waals surface area contributed by atoms with Crippen LogP contribution in [0.1, 0.15) is 11.1 Å². The highest BCUT2D eigenvalue weighted by Gasteiger charge is 2.30. The Labute approximate surface area is 205 Å². The molecule has 1 saturated heterocycles. The first kappa shape index (κ1) is 24.6. The molecule has 4 rings (SSSR count). The van der Waals surface area contributed by atoms with Crippen LogP contribution < -0.4 is 10.1 Å². The van der Waals surface area contributed by atoms with Crippen LogP contribution in [0.3, 0.4) is 0 Å². The molecule has 0 aliphatic carbocycles. The van der Waals surface area contributed by atoms with E-state index in [1.807, 2.05) is 48.5 Å². The number of hydrogen-bond acceptors (Lipinski definition) is 6. The molecule has 2 aromatic carbocycles. The lowest BCUT2D eigenvalue weighted by Gasteiger charge is -2.33. The van der Waals surface area contributed by atoms with E-state index in [1.165, 1.54) is 22.8 Å². The molecule has 1 fully saturated rings. The Hall–Kier alpha value is -3.47. The lowest BCUT2D eigenvalue weighted by Crippen LogP contribution is -2.51. The summed E-state index contributed by atoms with van der Waals surface area (Å²) < 4.78 is 37.8. The predicted molar refractivity (Wildman–Crippen MR) is 132 cm³/mol. The number of piperazine rings is 1. The average molecular weight is 497 g/mol. The maximum Gasteiger partial charge on any atom is 0.321 e. The van der Waals surface area contributed by atoms with E-state index >= 15 is 0 Å². The van der Waals surface area contributed by atoms with Gasteiger partial charge in [0.05, 0.1) is 20.3 Å². The van der Waals surface area contributed by atoms with Crippen molar-refractivity contribution >= 4 is 21.7 Å². The summed E-state index contributed by atoms with van der Waals surface area (Å²) in [4.78, 5) is 18.4. The standard InChI is InChI=1S/C25H28N4O5S/c1-33-23-9-7-20(8-10-23)18-34-19-21-4-2-5-22(16-21)27-25(30)28-12-14-29(15-13-28)35(31,32)24-6-3-11-26-17-24/h2-11,16-17H,12-15,18-19H2,1H3,(H,27,30). The Morgan fingerprint density at radius 3 is 2.40 bits per heavy atom. The van der Waals surface area contributed by atoms with Gasteiger partial charge in [0.25, 0.3) is 0 Å². The number of carbonyl (C=O) groups is 1. The van der Waals surface area contributed by atoms with Gasteiger partial charge in [-0.25, -0.2) is 13.2 Å². The van der Waals surface area contributed by atoms with Crippen LogP contribution in [0.5, 0.6) is 5.75 Å². The van der Waals surface area contributed by atoms with Gasteiger partial charge >= 0.3 is 6.03 Å². The van der Waals surface area contributed by atoms with E-state index in [1.54, 1.807) is 18.1 Å². The Morgan fingerprint density at radius 2 is 1.71 bits per heavy atom. The summed E-state index contributed by atoms with van der Waals surface area (Å²) in [6, 6.07) is 18.0. The molecule has 1 aromatic heterocycles. The number of rotatable bonds is 8. The zero-order valence-corrected chi connectivity index (χ0v) is 20.3. The highest BCUT2D eigenvalue weighted by atomic mass is 32.2. The van der Waals surface area contributed by atoms with Crippen LogP contribution in [0.25, 0.3) is 0 Å². The summed E-state index contributed by atoms with van der Waals surface area (Å²) >= 11 is 0. The predicted octanol–water partition coefficient (Wildman–Crippen LogP) is 3.35. The van der Waals surface area contributed by atoms with Crippen LogP contribution in [-0.2, 0) is 28.0 Å². The number of methoxy groups -OCH3 is 1. The Bertz CT molecular complexity index is 1230. The first-order valence-electron chi connectivity index (χ1n) is 11.2. The van der Waals surface area contributed by atoms with Gasteiger partial charge in [0.2, 0.25) is 10.0 Å². The van der Waals surface area contributed by atoms with Crippen molar-refractivity contribution in [1.82, 2.24) is 14.2 Å². The van der Waals surface area contributed by atoms with Crippen LogP contribution >= 0.6 is 0 Å². The number of hydrogen-bond donors (Lipinski definition) is 1. The van der Waals surface area contributed by atoms with Crippen LogP contribution in [-0.4, -0.2) is 61.9 Å². The molecule has 1 N–H and O–H groups in total. The van der Waals surface area contributed by atoms with Gasteiger partial charge in [-0.05, 0) is 47.5 Å². The molecule has 1 aliphatic heterocycles. The Morgan fingerprint density at radius 1 is 0.971 bits per heavy atom. The number of amides is 2. The number of benzene rings is 2. The van der Waals surface area contributed by atoms with Crippen molar-refractivity contribution in [1.29, 1.82) is 0 Å². The summed E-state index contributed by atoms with van der Waals surface area (Å²) in [6.45, 7) is 1.92. The van der Waals surface area contributed by atoms with Gasteiger partial charge < -0.3 is 19.7 Å². The third-order valence-electron chi connectivity index (χ3n) is 5.67. The van der Waals surface area contributed by atoms with Gasteiger partial charge in [-0.2, -0.15) is 4.31 Å². The zero-order chi connectivity index (χ0) is 24.7. The van der Waals surface area contributed by atoms with E-state index in [-0.39, 0.29) is 24.0 Å². The molecule has 0 spiro atoms. The summed E-state index contributed by atoms with van der Waals surface area (Å²) in [6.07, 6.45) is 2.87. The SMILES string of the molecule is COc1ccc(COCc2cccc(NC(=O)N3CCN(S(=O)(=O)c4cccnc4)CC3)c2)cc1. The maximum absolute atomic E-state index is 12.8. The van der Waals surface area contributed by atoms with Gasteiger partial charge in [0.1, 0.15) is 10.6 Å². The maximum atomic E-state index is 12.8. The molecule has 10 heteroatoms. The molecule has 35 heavy (non-hydrogen) atoms. The number of urea groups is 1. The second-order valence-corrected chi connectivity index (χ2v) is 9.99. The van der Waals surface area contributed by atoms with Gasteiger partial charge in [-0.3, -0.25) is 4.98 Å². The third-order valence-corrected chi connectivity index (χ3v) is 7.55. The fourth-order valence-corrected chi connectivity index (χ4v) is 5.12. The Kier molecular flexibility index (Phi) is 7.96. The Balaban J connectivity index is 1.26. The molecule has 0 saturated carbocycles. The molecule has 0 bridgehead atoms. The third kappa shape index (κ3) is 6.36. The number of carbonyl (C=O) groups excluding carboxylic acids is 1. The number of nitrogens with one attached hydrogen (secondary N) is 1. The minimum Gasteiger partial charge on any atom is -0.497 e. The van der Waals surface area contributed by atoms with Crippen molar-refractivity contribution in [3.8, 4) is 5.75 Å². The number of pyridine rings is 1. The lowest BCUT2D eigenvalue weighted by molar-refractivity contribution is 0.107. The van der Waals surface area contributed by atoms with Gasteiger partial charge in [0.15, 0.2) is 0 Å². The van der Waals surface area contributed by atoms with Crippen LogP contribution in [0.2, 0.25) is 0 Å². The van der Waals surface area contributed by atoms with E-state index < -0.39 is 10.0 Å². The van der Waals surface area contributed by atoms with Crippen LogP contribution in [0.15, 0.2) is 78.0 Å². The molecule has 0 atom stereocenters. The summed E-state index contributed by atoms with van der Waals surface area (Å²) in [5.41, 5.74) is 2.63. The van der Waals surface area contributed by atoms with E-state index in [2.05, 4.69) is 10.3 Å². The van der Waals surface area contributed by atoms with Crippen molar-refractivity contribution in [2.75, 3.05) is 38.6 Å². The quantitative estimate of drug-likeness (QED) is 0.513. The monoisotopic (exact) mass is 496 g/mol. The van der Waals surface area contributed by atoms with Gasteiger partial charge in [-0.15, -0.1) is 0 Å². The minimum atomic E-state index is -3.62. The number of sulfonamides is 1. The van der Waals surface area contributed by atoms with Gasteiger partial charge in [0, 0.05) is 44.3 Å². The molecule has 2 amide bonds. The topological polar surface area (TPSA) is 101 Å². The van der Waals surface area contributed by atoms with Crippen molar-refractivity contribution < 1.29 is 22.7 Å². The molecule has 0 radical (unpaired) electrons. The van der Waals surface area contributed by atoms with Crippen molar-refractivity contribution in [2.45, 2.75) is 18.1 Å². The van der Waals surface area contributed by atoms with E-state index in [9.17, 15) is 13.2 Å². The molecular formula is C25H28N4O5S. The highest BCUT2D eigenvalue weighted by Crippen LogP contribution is 2.18. The fraction of sp³-hybridized carbons (Fsp3) is 0.280. The largest absolute Gasteiger partial charge is 0.497 e. The molecule has 2 heterocycles. The number of ether oxygens (including phenoxy) is 2. The van der Waals surface area contributed by atoms with E-state index in [4.69, 9.17) is 9.47 Å². The first-order chi connectivity index (χ1) is 17.0. The van der Waals surface area contributed by atoms with Crippen molar-refractivity contribution in [3.05, 3.63) is 84.2 Å². The zero-order valence-electron chi connectivity index (χ0n) is 19.5. The molecule has 3 aromatic rings. The summed E-state index contributed by atoms with van der Waals surface area (Å²) in [5.74, 6) is 0.800. The van der Waals surface area contributed by atoms with Crippen LogP contribution in [0.4, 0.5) is 10.5 Å². The molecule has 1 aliphatic rings. The van der Waals surface area contributed by atoms with Crippen molar-refractivity contribution in [3.63, 3.8) is 0 Å². The summed E-state index contributed by atoms with van der Waals surface area (Å²) in [5, 5.41) is 2.90. The molecule has 9 nitrogen and oxygen atoms in total. The molecule has 184 valence electrons.